The number of hydrogen-bond acceptors (Lipinski definition) is 5. The fourth-order valence-electron chi connectivity index (χ4n) is 1.49. The first kappa shape index (κ1) is 12.8. The van der Waals surface area contributed by atoms with Gasteiger partial charge in [0.05, 0.1) is 11.4 Å². The maximum atomic E-state index is 12.1. The van der Waals surface area contributed by atoms with Crippen molar-refractivity contribution in [2.75, 3.05) is 5.75 Å². The van der Waals surface area contributed by atoms with Crippen LogP contribution < -0.4 is 0 Å². The van der Waals surface area contributed by atoms with Crippen molar-refractivity contribution < 1.29 is 16.8 Å². The molecule has 0 N–H and O–H groups in total. The highest BCUT2D eigenvalue weighted by Gasteiger charge is 2.36. The Labute approximate surface area is 105 Å². The third-order valence-electron chi connectivity index (χ3n) is 2.27. The number of rotatable bonds is 3. The van der Waals surface area contributed by atoms with E-state index in [0.29, 0.717) is 0 Å². The average molecular weight is 286 g/mol. The molecule has 6 nitrogen and oxygen atoms in total. The molecule has 0 radical (unpaired) electrons. The van der Waals surface area contributed by atoms with E-state index in [9.17, 15) is 16.8 Å². The van der Waals surface area contributed by atoms with Crippen molar-refractivity contribution in [2.24, 2.45) is 4.99 Å². The zero-order chi connectivity index (χ0) is 13.4. The van der Waals surface area contributed by atoms with E-state index in [0.717, 1.165) is 12.4 Å². The van der Waals surface area contributed by atoms with Gasteiger partial charge in [-0.05, 0) is 12.1 Å². The minimum absolute atomic E-state index is 0.125. The minimum atomic E-state index is -4.11. The van der Waals surface area contributed by atoms with Gasteiger partial charge in [0.15, 0.2) is 0 Å². The summed E-state index contributed by atoms with van der Waals surface area (Å²) in [5, 5.41) is 0. The molecule has 96 valence electrons. The summed E-state index contributed by atoms with van der Waals surface area (Å²) in [6.07, 6.45) is 1.93. The summed E-state index contributed by atoms with van der Waals surface area (Å²) in [5.74, 6) is -0.472. The van der Waals surface area contributed by atoms with E-state index in [-0.39, 0.29) is 14.3 Å². The highest BCUT2D eigenvalue weighted by atomic mass is 32.3. The summed E-state index contributed by atoms with van der Waals surface area (Å²) in [6, 6.07) is 5.95. The van der Waals surface area contributed by atoms with E-state index in [1.165, 1.54) is 18.2 Å². The van der Waals surface area contributed by atoms with Crippen molar-refractivity contribution >= 4 is 32.1 Å². The van der Waals surface area contributed by atoms with Crippen molar-refractivity contribution in [1.82, 2.24) is 3.71 Å². The van der Waals surface area contributed by atoms with E-state index in [1.807, 2.05) is 0 Å². The molecule has 2 rings (SSSR count). The topological polar surface area (TPSA) is 83.9 Å². The summed E-state index contributed by atoms with van der Waals surface area (Å²) < 4.78 is 48.2. The van der Waals surface area contributed by atoms with Gasteiger partial charge in [-0.2, -0.15) is 8.42 Å². The fraction of sp³-hybridized carbons (Fsp3) is 0.100. The van der Waals surface area contributed by atoms with Gasteiger partial charge >= 0.3 is 0 Å². The number of hydrogen-bond donors (Lipinski definition) is 0. The van der Waals surface area contributed by atoms with Crippen LogP contribution in [0.4, 0.5) is 5.69 Å². The van der Waals surface area contributed by atoms with Crippen LogP contribution in [0, 0.1) is 0 Å². The van der Waals surface area contributed by atoms with Crippen molar-refractivity contribution in [1.29, 1.82) is 0 Å². The number of aliphatic imine (C=N–C) groups is 1. The molecule has 18 heavy (non-hydrogen) atoms. The number of fused-ring (bicyclic) bond motifs is 1. The molecule has 0 amide bonds. The first-order chi connectivity index (χ1) is 8.39. The second kappa shape index (κ2) is 4.21. The third kappa shape index (κ3) is 1.93. The van der Waals surface area contributed by atoms with Gasteiger partial charge in [-0.25, -0.2) is 13.4 Å². The summed E-state index contributed by atoms with van der Waals surface area (Å²) in [4.78, 5) is 3.70. The Morgan fingerprint density at radius 2 is 2.00 bits per heavy atom. The van der Waals surface area contributed by atoms with Crippen molar-refractivity contribution in [3.05, 3.63) is 36.9 Å². The lowest BCUT2D eigenvalue weighted by Crippen LogP contribution is -2.38. The second-order valence-corrected chi connectivity index (χ2v) is 7.42. The van der Waals surface area contributed by atoms with Gasteiger partial charge in [0.25, 0.3) is 20.0 Å². The third-order valence-corrected chi connectivity index (χ3v) is 6.31. The summed E-state index contributed by atoms with van der Waals surface area (Å²) >= 11 is 0. The highest BCUT2D eigenvalue weighted by molar-refractivity contribution is 8.05. The zero-order valence-electron chi connectivity index (χ0n) is 9.22. The van der Waals surface area contributed by atoms with Gasteiger partial charge < -0.3 is 0 Å². The van der Waals surface area contributed by atoms with Crippen LogP contribution in [0.5, 0.6) is 0 Å². The van der Waals surface area contributed by atoms with Crippen LogP contribution in [0.15, 0.2) is 46.8 Å². The Balaban J connectivity index is 2.62. The van der Waals surface area contributed by atoms with Crippen LogP contribution in [-0.4, -0.2) is 32.6 Å². The summed E-state index contributed by atoms with van der Waals surface area (Å²) in [6.45, 7) is 3.29. The van der Waals surface area contributed by atoms with Gasteiger partial charge in [0.2, 0.25) is 0 Å². The minimum Gasteiger partial charge on any atom is -0.236 e. The monoisotopic (exact) mass is 286 g/mol. The molecule has 0 saturated carbocycles. The summed E-state index contributed by atoms with van der Waals surface area (Å²) in [5.41, 5.74) is 0.225. The number of benzene rings is 1. The second-order valence-electron chi connectivity index (χ2n) is 3.51. The standard InChI is InChI=1S/C10H10N2O4S2/c1-2-7-17(13,14)12-8-11-9-5-3-4-6-10(9)18(12,15)16/h2-6,8H,1,7H2. The molecule has 0 aliphatic carbocycles. The predicted octanol–water partition coefficient (Wildman–Crippen LogP) is 0.867. The van der Waals surface area contributed by atoms with Crippen molar-refractivity contribution in [3.63, 3.8) is 0 Å². The molecule has 1 aromatic carbocycles. The fourth-order valence-corrected chi connectivity index (χ4v) is 4.75. The van der Waals surface area contributed by atoms with Crippen molar-refractivity contribution in [2.45, 2.75) is 4.90 Å². The smallest absolute Gasteiger partial charge is 0.236 e. The van der Waals surface area contributed by atoms with Gasteiger partial charge in [-0.1, -0.05) is 18.2 Å². The predicted molar refractivity (Wildman–Crippen MR) is 67.6 cm³/mol. The molecule has 0 bridgehead atoms. The SMILES string of the molecule is C=CCS(=O)(=O)N1C=Nc2ccccc2S1(=O)=O. The number of sulfonamides is 2. The molecular weight excluding hydrogens is 276 g/mol. The Bertz CT molecular complexity index is 720. The van der Waals surface area contributed by atoms with E-state index < -0.39 is 25.8 Å². The Morgan fingerprint density at radius 1 is 1.33 bits per heavy atom. The Morgan fingerprint density at radius 3 is 2.67 bits per heavy atom. The van der Waals surface area contributed by atoms with Crippen molar-refractivity contribution in [3.8, 4) is 0 Å². The summed E-state index contributed by atoms with van der Waals surface area (Å²) in [7, 11) is -8.12. The lowest BCUT2D eigenvalue weighted by Gasteiger charge is -2.22. The Hall–Kier alpha value is -1.67. The van der Waals surface area contributed by atoms with Gasteiger partial charge in [0, 0.05) is 0 Å². The van der Waals surface area contributed by atoms with Gasteiger partial charge in [0.1, 0.15) is 11.2 Å². The van der Waals surface area contributed by atoms with Crippen LogP contribution in [0.3, 0.4) is 0 Å². The molecule has 8 heteroatoms. The zero-order valence-corrected chi connectivity index (χ0v) is 10.9. The average Bonchev–Trinajstić information content (AvgIpc) is 2.28. The quantitative estimate of drug-likeness (QED) is 0.772. The van der Waals surface area contributed by atoms with Crippen LogP contribution in [-0.2, 0) is 20.0 Å². The number of para-hydroxylation sites is 1. The van der Waals surface area contributed by atoms with Gasteiger partial charge in [-0.3, -0.25) is 0 Å². The van der Waals surface area contributed by atoms with Crippen LogP contribution in [0.25, 0.3) is 0 Å². The van der Waals surface area contributed by atoms with E-state index in [4.69, 9.17) is 0 Å². The maximum Gasteiger partial charge on any atom is 0.280 e. The molecule has 0 unspecified atom stereocenters. The molecule has 1 aromatic rings. The first-order valence-electron chi connectivity index (χ1n) is 4.91. The lowest BCUT2D eigenvalue weighted by molar-refractivity contribution is 0.549. The molecule has 0 aromatic heterocycles. The number of nitrogens with zero attached hydrogens (tertiary/aromatic N) is 2. The van der Waals surface area contributed by atoms with E-state index in [2.05, 4.69) is 11.6 Å². The first-order valence-corrected chi connectivity index (χ1v) is 7.96. The molecule has 0 spiro atoms. The maximum absolute atomic E-state index is 12.1. The molecule has 0 atom stereocenters. The molecule has 0 fully saturated rings. The molecule has 0 saturated heterocycles. The van der Waals surface area contributed by atoms with Crippen LogP contribution in [0.2, 0.25) is 0 Å². The molecule has 1 heterocycles. The molecule has 1 aliphatic heterocycles. The molecule has 1 aliphatic rings. The van der Waals surface area contributed by atoms with E-state index in [1.54, 1.807) is 6.07 Å². The lowest BCUT2D eigenvalue weighted by atomic mass is 10.3. The Kier molecular flexibility index (Phi) is 2.99. The van der Waals surface area contributed by atoms with Crippen LogP contribution >= 0.6 is 0 Å². The van der Waals surface area contributed by atoms with E-state index >= 15 is 0 Å². The normalized spacial score (nSPS) is 17.2. The molecular formula is C10H10N2O4S2. The van der Waals surface area contributed by atoms with Gasteiger partial charge in [-0.15, -0.1) is 10.3 Å². The largest absolute Gasteiger partial charge is 0.280 e. The van der Waals surface area contributed by atoms with Crippen LogP contribution in [0.1, 0.15) is 0 Å². The highest BCUT2D eigenvalue weighted by Crippen LogP contribution is 2.31.